The number of nitrogens with zero attached hydrogens (tertiary/aromatic N) is 1. The third-order valence-electron chi connectivity index (χ3n) is 4.34. The van der Waals surface area contributed by atoms with Crippen LogP contribution in [0.1, 0.15) is 10.4 Å². The number of nitrogens with one attached hydrogen (secondary N) is 1. The third-order valence-corrected chi connectivity index (χ3v) is 4.34. The molecule has 0 atom stereocenters. The molecule has 2 aromatic rings. The van der Waals surface area contributed by atoms with E-state index < -0.39 is 0 Å². The zero-order valence-corrected chi connectivity index (χ0v) is 15.1. The van der Waals surface area contributed by atoms with E-state index >= 15 is 0 Å². The predicted molar refractivity (Wildman–Crippen MR) is 101 cm³/mol. The molecule has 0 spiro atoms. The Bertz CT molecular complexity index is 710. The van der Waals surface area contributed by atoms with Crippen LogP contribution in [0.5, 0.6) is 5.75 Å². The SMILES string of the molecule is COCCOc1ccc(C(=O)Nc2ccc(N3CC(OC)C3)cc2)cc1. The van der Waals surface area contributed by atoms with Crippen molar-refractivity contribution in [2.75, 3.05) is 50.7 Å². The Kier molecular flexibility index (Phi) is 6.09. The van der Waals surface area contributed by atoms with Crippen molar-refractivity contribution < 1.29 is 19.0 Å². The van der Waals surface area contributed by atoms with Crippen LogP contribution in [-0.4, -0.2) is 52.5 Å². The Morgan fingerprint density at radius 2 is 1.73 bits per heavy atom. The standard InChI is InChI=1S/C20H24N2O4/c1-24-11-12-26-18-9-3-15(4-10-18)20(23)21-16-5-7-17(8-6-16)22-13-19(14-22)25-2/h3-10,19H,11-14H2,1-2H3,(H,21,23). The van der Waals surface area contributed by atoms with Crippen LogP contribution in [0, 0.1) is 0 Å². The van der Waals surface area contributed by atoms with Crippen LogP contribution in [0.3, 0.4) is 0 Å². The van der Waals surface area contributed by atoms with E-state index in [4.69, 9.17) is 14.2 Å². The molecule has 2 aromatic carbocycles. The van der Waals surface area contributed by atoms with Gasteiger partial charge < -0.3 is 24.4 Å². The lowest BCUT2D eigenvalue weighted by atomic mass is 10.1. The molecule has 1 aliphatic heterocycles. The highest BCUT2D eigenvalue weighted by atomic mass is 16.5. The highest BCUT2D eigenvalue weighted by molar-refractivity contribution is 6.04. The minimum atomic E-state index is -0.149. The first-order valence-corrected chi connectivity index (χ1v) is 8.60. The molecule has 1 saturated heterocycles. The van der Waals surface area contributed by atoms with E-state index in [1.165, 1.54) is 0 Å². The molecule has 6 heteroatoms. The van der Waals surface area contributed by atoms with Crippen LogP contribution in [0.25, 0.3) is 0 Å². The molecule has 0 saturated carbocycles. The smallest absolute Gasteiger partial charge is 0.255 e. The molecule has 0 aliphatic carbocycles. The Balaban J connectivity index is 1.52. The monoisotopic (exact) mass is 356 g/mol. The van der Waals surface area contributed by atoms with Gasteiger partial charge in [0.2, 0.25) is 0 Å². The van der Waals surface area contributed by atoms with Crippen molar-refractivity contribution in [2.45, 2.75) is 6.10 Å². The first kappa shape index (κ1) is 18.2. The van der Waals surface area contributed by atoms with E-state index in [0.29, 0.717) is 30.6 Å². The first-order chi connectivity index (χ1) is 12.7. The van der Waals surface area contributed by atoms with Gasteiger partial charge in [0, 0.05) is 44.2 Å². The Morgan fingerprint density at radius 1 is 1.04 bits per heavy atom. The number of carbonyl (C=O) groups is 1. The molecular weight excluding hydrogens is 332 g/mol. The molecule has 1 fully saturated rings. The number of hydrogen-bond donors (Lipinski definition) is 1. The molecular formula is C20H24N2O4. The van der Waals surface area contributed by atoms with Gasteiger partial charge in [0.15, 0.2) is 0 Å². The fourth-order valence-corrected chi connectivity index (χ4v) is 2.70. The maximum absolute atomic E-state index is 12.4. The highest BCUT2D eigenvalue weighted by Crippen LogP contribution is 2.24. The summed E-state index contributed by atoms with van der Waals surface area (Å²) < 4.78 is 15.7. The van der Waals surface area contributed by atoms with E-state index in [0.717, 1.165) is 24.5 Å². The fourth-order valence-electron chi connectivity index (χ4n) is 2.70. The van der Waals surface area contributed by atoms with E-state index in [2.05, 4.69) is 10.2 Å². The summed E-state index contributed by atoms with van der Waals surface area (Å²) in [5.41, 5.74) is 2.48. The van der Waals surface area contributed by atoms with E-state index in [1.54, 1.807) is 38.5 Å². The summed E-state index contributed by atoms with van der Waals surface area (Å²) in [4.78, 5) is 14.6. The molecule has 6 nitrogen and oxygen atoms in total. The highest BCUT2D eigenvalue weighted by Gasteiger charge is 2.26. The Hall–Kier alpha value is -2.57. The quantitative estimate of drug-likeness (QED) is 0.737. The average molecular weight is 356 g/mol. The summed E-state index contributed by atoms with van der Waals surface area (Å²) in [6, 6.07) is 14.9. The maximum atomic E-state index is 12.4. The van der Waals surface area contributed by atoms with Gasteiger partial charge in [-0.2, -0.15) is 0 Å². The first-order valence-electron chi connectivity index (χ1n) is 8.60. The van der Waals surface area contributed by atoms with Crippen molar-refractivity contribution in [2.24, 2.45) is 0 Å². The van der Waals surface area contributed by atoms with Crippen molar-refractivity contribution in [3.8, 4) is 5.75 Å². The van der Waals surface area contributed by atoms with Gasteiger partial charge in [-0.15, -0.1) is 0 Å². The Morgan fingerprint density at radius 3 is 2.35 bits per heavy atom. The number of carbonyl (C=O) groups excluding carboxylic acids is 1. The molecule has 0 radical (unpaired) electrons. The molecule has 1 aliphatic rings. The average Bonchev–Trinajstić information content (AvgIpc) is 2.63. The Labute approximate surface area is 153 Å². The van der Waals surface area contributed by atoms with Gasteiger partial charge >= 0.3 is 0 Å². The number of ether oxygens (including phenoxy) is 3. The number of amides is 1. The summed E-state index contributed by atoms with van der Waals surface area (Å²) in [6.45, 7) is 2.82. The van der Waals surface area contributed by atoms with Gasteiger partial charge in [0.1, 0.15) is 12.4 Å². The third kappa shape index (κ3) is 4.53. The van der Waals surface area contributed by atoms with Gasteiger partial charge in [-0.1, -0.05) is 0 Å². The largest absolute Gasteiger partial charge is 0.491 e. The lowest BCUT2D eigenvalue weighted by Gasteiger charge is -2.40. The van der Waals surface area contributed by atoms with Gasteiger partial charge in [0.25, 0.3) is 5.91 Å². The van der Waals surface area contributed by atoms with Crippen LogP contribution in [0.4, 0.5) is 11.4 Å². The van der Waals surface area contributed by atoms with Crippen molar-refractivity contribution in [3.05, 3.63) is 54.1 Å². The van der Waals surface area contributed by atoms with Gasteiger partial charge in [-0.3, -0.25) is 4.79 Å². The topological polar surface area (TPSA) is 60.0 Å². The molecule has 1 N–H and O–H groups in total. The summed E-state index contributed by atoms with van der Waals surface area (Å²) in [6.07, 6.45) is 0.316. The second kappa shape index (κ2) is 8.69. The zero-order chi connectivity index (χ0) is 18.4. The summed E-state index contributed by atoms with van der Waals surface area (Å²) in [5.74, 6) is 0.566. The summed E-state index contributed by atoms with van der Waals surface area (Å²) >= 11 is 0. The lowest BCUT2D eigenvalue weighted by Crippen LogP contribution is -2.51. The lowest BCUT2D eigenvalue weighted by molar-refractivity contribution is 0.0788. The van der Waals surface area contributed by atoms with Crippen LogP contribution < -0.4 is 15.0 Å². The molecule has 3 rings (SSSR count). The van der Waals surface area contributed by atoms with Crippen LogP contribution in [0.15, 0.2) is 48.5 Å². The maximum Gasteiger partial charge on any atom is 0.255 e. The van der Waals surface area contributed by atoms with Gasteiger partial charge in [-0.05, 0) is 48.5 Å². The zero-order valence-electron chi connectivity index (χ0n) is 15.1. The molecule has 138 valence electrons. The minimum Gasteiger partial charge on any atom is -0.491 e. The van der Waals surface area contributed by atoms with Crippen molar-refractivity contribution in [1.82, 2.24) is 0 Å². The second-order valence-corrected chi connectivity index (χ2v) is 6.13. The number of benzene rings is 2. The number of rotatable bonds is 8. The molecule has 0 aromatic heterocycles. The minimum absolute atomic E-state index is 0.149. The summed E-state index contributed by atoms with van der Waals surface area (Å²) in [5, 5.41) is 2.91. The fraction of sp³-hybridized carbons (Fsp3) is 0.350. The van der Waals surface area contributed by atoms with Crippen LogP contribution in [0.2, 0.25) is 0 Å². The van der Waals surface area contributed by atoms with Crippen LogP contribution >= 0.6 is 0 Å². The molecule has 0 unspecified atom stereocenters. The van der Waals surface area contributed by atoms with Gasteiger partial charge in [0.05, 0.1) is 12.7 Å². The molecule has 0 bridgehead atoms. The van der Waals surface area contributed by atoms with E-state index in [-0.39, 0.29) is 5.91 Å². The van der Waals surface area contributed by atoms with Crippen LogP contribution in [-0.2, 0) is 9.47 Å². The van der Waals surface area contributed by atoms with E-state index in [1.807, 2.05) is 24.3 Å². The molecule has 1 amide bonds. The van der Waals surface area contributed by atoms with E-state index in [9.17, 15) is 4.79 Å². The van der Waals surface area contributed by atoms with Crippen molar-refractivity contribution in [1.29, 1.82) is 0 Å². The van der Waals surface area contributed by atoms with Crippen molar-refractivity contribution in [3.63, 3.8) is 0 Å². The molecule has 1 heterocycles. The second-order valence-electron chi connectivity index (χ2n) is 6.13. The molecule has 26 heavy (non-hydrogen) atoms. The predicted octanol–water partition coefficient (Wildman–Crippen LogP) is 2.80. The van der Waals surface area contributed by atoms with Crippen molar-refractivity contribution >= 4 is 17.3 Å². The normalized spacial score (nSPS) is 14.0. The number of anilines is 2. The van der Waals surface area contributed by atoms with Gasteiger partial charge in [-0.25, -0.2) is 0 Å². The number of methoxy groups -OCH3 is 2. The number of hydrogen-bond acceptors (Lipinski definition) is 5. The summed E-state index contributed by atoms with van der Waals surface area (Å²) in [7, 11) is 3.36.